The maximum Gasteiger partial charge on any atom is 0.422 e. The molecule has 2 aliphatic heterocycles. The summed E-state index contributed by atoms with van der Waals surface area (Å²) in [5.74, 6) is -1.44. The monoisotopic (exact) mass is 495 g/mol. The van der Waals surface area contributed by atoms with E-state index in [0.717, 1.165) is 17.7 Å². The van der Waals surface area contributed by atoms with Gasteiger partial charge in [0.2, 0.25) is 0 Å². The number of dihydropyridines is 1. The number of alkyl halides is 3. The highest BCUT2D eigenvalue weighted by Crippen LogP contribution is 2.24. The van der Waals surface area contributed by atoms with Crippen LogP contribution in [0, 0.1) is 5.82 Å². The highest BCUT2D eigenvalue weighted by molar-refractivity contribution is 5.95. The first-order valence-corrected chi connectivity index (χ1v) is 11.0. The van der Waals surface area contributed by atoms with E-state index in [9.17, 15) is 27.2 Å². The summed E-state index contributed by atoms with van der Waals surface area (Å²) < 4.78 is 55.9. The number of allylic oxidation sites excluding steroid dienone is 3. The molecule has 2 N–H and O–H groups in total. The Morgan fingerprint density at radius 2 is 2.09 bits per heavy atom. The van der Waals surface area contributed by atoms with Gasteiger partial charge in [-0.2, -0.15) is 23.4 Å². The fourth-order valence-corrected chi connectivity index (χ4v) is 3.40. The number of benzene rings is 1. The molecule has 1 aromatic rings. The van der Waals surface area contributed by atoms with Crippen LogP contribution in [0.25, 0.3) is 0 Å². The summed E-state index contributed by atoms with van der Waals surface area (Å²) in [4.78, 5) is 25.8. The second-order valence-corrected chi connectivity index (χ2v) is 7.88. The third kappa shape index (κ3) is 7.66. The number of amides is 2. The third-order valence-electron chi connectivity index (χ3n) is 5.11. The van der Waals surface area contributed by atoms with E-state index in [1.54, 1.807) is 24.4 Å². The minimum Gasteiger partial charge on any atom is -0.440 e. The van der Waals surface area contributed by atoms with Gasteiger partial charge in [0.15, 0.2) is 6.61 Å². The molecule has 12 heteroatoms. The Balaban J connectivity index is 1.63. The molecule has 8 nitrogen and oxygen atoms in total. The minimum absolute atomic E-state index is 0.0740. The van der Waals surface area contributed by atoms with Crippen molar-refractivity contribution in [3.8, 4) is 0 Å². The number of hydrogen-bond donors (Lipinski definition) is 2. The van der Waals surface area contributed by atoms with E-state index in [0.29, 0.717) is 16.8 Å². The number of rotatable bonds is 7. The van der Waals surface area contributed by atoms with Gasteiger partial charge in [0.05, 0.1) is 17.5 Å². The number of ether oxygens (including phenoxy) is 1. The van der Waals surface area contributed by atoms with Gasteiger partial charge < -0.3 is 20.3 Å². The van der Waals surface area contributed by atoms with Gasteiger partial charge in [-0.1, -0.05) is 19.4 Å². The van der Waals surface area contributed by atoms with Gasteiger partial charge in [0.1, 0.15) is 12.0 Å². The zero-order valence-corrected chi connectivity index (χ0v) is 18.9. The maximum absolute atomic E-state index is 14.7. The molecule has 0 spiro atoms. The highest BCUT2D eigenvalue weighted by atomic mass is 19.4. The summed E-state index contributed by atoms with van der Waals surface area (Å²) in [7, 11) is 0. The van der Waals surface area contributed by atoms with Gasteiger partial charge in [0.25, 0.3) is 5.91 Å². The van der Waals surface area contributed by atoms with Gasteiger partial charge in [-0.3, -0.25) is 4.79 Å². The van der Waals surface area contributed by atoms with Crippen molar-refractivity contribution in [1.29, 1.82) is 0 Å². The zero-order valence-electron chi connectivity index (χ0n) is 18.9. The molecule has 1 unspecified atom stereocenters. The minimum atomic E-state index is -4.64. The number of nitrogens with one attached hydrogen (secondary N) is 2. The van der Waals surface area contributed by atoms with Crippen molar-refractivity contribution in [3.63, 3.8) is 0 Å². The smallest absolute Gasteiger partial charge is 0.422 e. The van der Waals surface area contributed by atoms with E-state index in [2.05, 4.69) is 25.6 Å². The molecule has 1 atom stereocenters. The predicted octanol–water partition coefficient (Wildman–Crippen LogP) is 3.84. The molecule has 188 valence electrons. The quantitative estimate of drug-likeness (QED) is 0.341. The number of carbonyl (C=O) groups is 2. The number of halogens is 4. The molecule has 0 aliphatic carbocycles. The Labute approximate surface area is 199 Å². The van der Waals surface area contributed by atoms with E-state index >= 15 is 0 Å². The van der Waals surface area contributed by atoms with Crippen LogP contribution >= 0.6 is 0 Å². The van der Waals surface area contributed by atoms with Gasteiger partial charge in [0, 0.05) is 19.3 Å². The Hall–Kier alpha value is -3.70. The highest BCUT2D eigenvalue weighted by Gasteiger charge is 2.32. The van der Waals surface area contributed by atoms with E-state index in [-0.39, 0.29) is 25.1 Å². The van der Waals surface area contributed by atoms with Crippen LogP contribution in [0.4, 0.5) is 22.4 Å². The first-order valence-electron chi connectivity index (χ1n) is 11.0. The van der Waals surface area contributed by atoms with Gasteiger partial charge in [-0.15, -0.1) is 0 Å². The van der Waals surface area contributed by atoms with Crippen LogP contribution in [-0.2, 0) is 17.7 Å². The van der Waals surface area contributed by atoms with E-state index in [1.165, 1.54) is 18.3 Å². The lowest BCUT2D eigenvalue weighted by atomic mass is 9.96. The van der Waals surface area contributed by atoms with Crippen LogP contribution in [0.15, 0.2) is 46.3 Å². The van der Waals surface area contributed by atoms with Gasteiger partial charge in [-0.25, -0.2) is 9.18 Å². The van der Waals surface area contributed by atoms with Crippen molar-refractivity contribution >= 4 is 24.4 Å². The van der Waals surface area contributed by atoms with E-state index in [4.69, 9.17) is 0 Å². The molecule has 0 fully saturated rings. The van der Waals surface area contributed by atoms with Crippen LogP contribution in [0.3, 0.4) is 0 Å². The average Bonchev–Trinajstić information content (AvgIpc) is 2.81. The molecule has 0 radical (unpaired) electrons. The van der Waals surface area contributed by atoms with Gasteiger partial charge >= 0.3 is 12.3 Å². The zero-order chi connectivity index (χ0) is 25.4. The van der Waals surface area contributed by atoms with Crippen molar-refractivity contribution < 1.29 is 31.9 Å². The second-order valence-electron chi connectivity index (χ2n) is 7.88. The molecule has 2 aliphatic rings. The van der Waals surface area contributed by atoms with Crippen molar-refractivity contribution in [2.75, 3.05) is 13.2 Å². The summed E-state index contributed by atoms with van der Waals surface area (Å²) in [6, 6.07) is 2.51. The molecule has 2 amide bonds. The molecule has 0 saturated heterocycles. The molecule has 35 heavy (non-hydrogen) atoms. The number of nitrogens with zero attached hydrogens (tertiary/aromatic N) is 3. The molecule has 1 aromatic carbocycles. The Morgan fingerprint density at radius 3 is 2.83 bits per heavy atom. The van der Waals surface area contributed by atoms with Crippen molar-refractivity contribution in [3.05, 3.63) is 58.6 Å². The van der Waals surface area contributed by atoms with Crippen molar-refractivity contribution in [2.24, 2.45) is 10.2 Å². The fraction of sp³-hybridized carbons (Fsp3) is 0.391. The van der Waals surface area contributed by atoms with Crippen LogP contribution in [0.1, 0.15) is 41.3 Å². The fourth-order valence-electron chi connectivity index (χ4n) is 3.40. The first-order chi connectivity index (χ1) is 16.7. The predicted molar refractivity (Wildman–Crippen MR) is 121 cm³/mol. The topological polar surface area (TPSA) is 95.4 Å². The Bertz CT molecular complexity index is 1070. The summed E-state index contributed by atoms with van der Waals surface area (Å²) in [6.07, 6.45) is 3.84. The maximum atomic E-state index is 14.7. The summed E-state index contributed by atoms with van der Waals surface area (Å²) in [5.41, 5.74) is 1.36. The number of hydrogen-bond acceptors (Lipinski definition) is 6. The van der Waals surface area contributed by atoms with Crippen LogP contribution in [0.2, 0.25) is 0 Å². The number of carbonyl (C=O) groups excluding carboxylic acids is 2. The van der Waals surface area contributed by atoms with Crippen molar-refractivity contribution in [2.45, 2.75) is 45.1 Å². The Kier molecular flexibility index (Phi) is 8.61. The third-order valence-corrected chi connectivity index (χ3v) is 5.11. The number of unbranched alkanes of at least 4 members (excludes halogenated alkanes) is 1. The lowest BCUT2D eigenvalue weighted by molar-refractivity contribution is -0.162. The molecule has 3 rings (SSSR count). The second kappa shape index (κ2) is 11.6. The van der Waals surface area contributed by atoms with Crippen LogP contribution < -0.4 is 10.6 Å². The van der Waals surface area contributed by atoms with E-state index < -0.39 is 36.8 Å². The largest absolute Gasteiger partial charge is 0.440 e. The lowest BCUT2D eigenvalue weighted by Gasteiger charge is -2.29. The normalized spacial score (nSPS) is 17.8. The van der Waals surface area contributed by atoms with Gasteiger partial charge in [-0.05, 0) is 48.3 Å². The standard InChI is InChI=1S/C23H25F4N5O3/c1-2-3-8-28-29-12-17-5-4-6-20(30-17)31-21(33)18-10-16-13-32(9-7-15(16)11-19(18)24)22(34)35-14-23(25,26)27/h4-6,8,10-12,20,30H,2-3,7,9,13-14H2,1H3,(H,31,33)/b28-8+,29-12+. The molecule has 0 saturated carbocycles. The summed E-state index contributed by atoms with van der Waals surface area (Å²) >= 11 is 0. The average molecular weight is 495 g/mol. The summed E-state index contributed by atoms with van der Waals surface area (Å²) in [5, 5.41) is 13.5. The lowest BCUT2D eigenvalue weighted by Crippen LogP contribution is -2.45. The Morgan fingerprint density at radius 1 is 1.29 bits per heavy atom. The van der Waals surface area contributed by atoms with Crippen molar-refractivity contribution in [1.82, 2.24) is 15.5 Å². The molecule has 0 aromatic heterocycles. The first kappa shape index (κ1) is 25.9. The van der Waals surface area contributed by atoms with E-state index in [1.807, 2.05) is 6.92 Å². The molecular weight excluding hydrogens is 470 g/mol. The summed E-state index contributed by atoms with van der Waals surface area (Å²) in [6.45, 7) is 0.300. The number of fused-ring (bicyclic) bond motifs is 1. The molecular formula is C23H25F4N5O3. The van der Waals surface area contributed by atoms with Crippen LogP contribution in [-0.4, -0.2) is 54.8 Å². The molecule has 2 heterocycles. The SMILES string of the molecule is CCC/C=N/N=C/C1=CC=CC(NC(=O)c2cc3c(cc2F)CCN(C(=O)OCC(F)(F)F)C3)N1. The van der Waals surface area contributed by atoms with Crippen LogP contribution in [0.5, 0.6) is 0 Å². The molecule has 0 bridgehead atoms.